The Kier molecular flexibility index (Phi) is 17.9. The van der Waals surface area contributed by atoms with E-state index in [1.54, 1.807) is 0 Å². The molecule has 0 heterocycles. The molecular weight excluding hydrogens is 314 g/mol. The van der Waals surface area contributed by atoms with Crippen LogP contribution in [-0.4, -0.2) is 78.2 Å². The van der Waals surface area contributed by atoms with Crippen molar-refractivity contribution in [2.75, 3.05) is 52.5 Å². The van der Waals surface area contributed by atoms with Gasteiger partial charge in [-0.1, -0.05) is 27.2 Å². The van der Waals surface area contributed by atoms with Crippen LogP contribution in [0.15, 0.2) is 0 Å². The van der Waals surface area contributed by atoms with Crippen molar-refractivity contribution in [1.82, 2.24) is 15.1 Å². The van der Waals surface area contributed by atoms with Gasteiger partial charge in [0, 0.05) is 18.8 Å². The first kappa shape index (κ1) is 24.1. The molecule has 0 aromatic rings. The Bertz CT molecular complexity index is 257. The van der Waals surface area contributed by atoms with E-state index < -0.39 is 0 Å². The maximum atomic E-state index is 5.90. The largest absolute Gasteiger partial charge is 0.423 e. The molecule has 1 N–H and O–H groups in total. The lowest BCUT2D eigenvalue weighted by Crippen LogP contribution is -2.35. The number of hydrogen-bond acceptors (Lipinski definition) is 4. The number of nitrogens with zero attached hydrogens (tertiary/aromatic N) is 2. The Hall–Kier alpha value is 0.0569. The molecule has 0 rings (SSSR count). The van der Waals surface area contributed by atoms with Gasteiger partial charge in [0.1, 0.15) is 0 Å². The molecule has 0 saturated carbocycles. The van der Waals surface area contributed by atoms with Crippen LogP contribution in [0.3, 0.4) is 0 Å². The van der Waals surface area contributed by atoms with Gasteiger partial charge in [0.15, 0.2) is 9.76 Å². The van der Waals surface area contributed by atoms with Crippen molar-refractivity contribution >= 4 is 9.76 Å². The fourth-order valence-electron chi connectivity index (χ4n) is 2.73. The third kappa shape index (κ3) is 15.6. The fourth-order valence-corrected chi connectivity index (χ4v) is 3.97. The van der Waals surface area contributed by atoms with Crippen LogP contribution in [0.2, 0.25) is 0 Å². The highest BCUT2D eigenvalue weighted by molar-refractivity contribution is 6.27. The van der Waals surface area contributed by atoms with E-state index in [0.717, 1.165) is 13.2 Å². The Morgan fingerprint density at radius 2 is 1.71 bits per heavy atom. The standard InChI is InChI=1S/C19H45N3OSi/c1-6-9-17-23-24-18-22(15-10-12-20-19(4)8-3)16-11-14-21(5)13-7-2/h19-20H,6-18,24H2,1-5H3. The van der Waals surface area contributed by atoms with E-state index >= 15 is 0 Å². The van der Waals surface area contributed by atoms with Crippen LogP contribution >= 0.6 is 0 Å². The molecule has 24 heavy (non-hydrogen) atoms. The van der Waals surface area contributed by atoms with Crippen LogP contribution in [0.25, 0.3) is 0 Å². The van der Waals surface area contributed by atoms with Gasteiger partial charge in [0.25, 0.3) is 0 Å². The molecule has 0 aromatic carbocycles. The van der Waals surface area contributed by atoms with Crippen LogP contribution in [0.1, 0.15) is 66.2 Å². The first-order valence-electron chi connectivity index (χ1n) is 10.4. The molecule has 0 fully saturated rings. The van der Waals surface area contributed by atoms with Crippen LogP contribution in [0, 0.1) is 0 Å². The predicted octanol–water partition coefficient (Wildman–Crippen LogP) is 2.66. The third-order valence-corrected chi connectivity index (χ3v) is 5.96. The molecule has 1 atom stereocenters. The predicted molar refractivity (Wildman–Crippen MR) is 111 cm³/mol. The molecule has 146 valence electrons. The minimum atomic E-state index is -0.376. The highest BCUT2D eigenvalue weighted by atomic mass is 28.2. The maximum absolute atomic E-state index is 5.90. The van der Waals surface area contributed by atoms with Crippen molar-refractivity contribution in [2.24, 2.45) is 0 Å². The van der Waals surface area contributed by atoms with E-state index in [4.69, 9.17) is 4.43 Å². The van der Waals surface area contributed by atoms with E-state index in [0.29, 0.717) is 6.04 Å². The zero-order valence-electron chi connectivity index (χ0n) is 17.3. The van der Waals surface area contributed by atoms with Gasteiger partial charge in [-0.25, -0.2) is 0 Å². The average molecular weight is 360 g/mol. The highest BCUT2D eigenvalue weighted by Crippen LogP contribution is 1.98. The first-order chi connectivity index (χ1) is 11.6. The van der Waals surface area contributed by atoms with E-state index in [9.17, 15) is 0 Å². The van der Waals surface area contributed by atoms with Gasteiger partial charge in [-0.2, -0.15) is 0 Å². The molecule has 5 heteroatoms. The second-order valence-electron chi connectivity index (χ2n) is 7.08. The van der Waals surface area contributed by atoms with Crippen LogP contribution in [0.4, 0.5) is 0 Å². The number of nitrogens with one attached hydrogen (secondary N) is 1. The average Bonchev–Trinajstić information content (AvgIpc) is 2.57. The summed E-state index contributed by atoms with van der Waals surface area (Å²) in [6.07, 6.45) is 8.66. The molecular formula is C19H45N3OSi. The normalized spacial score (nSPS) is 13.6. The van der Waals surface area contributed by atoms with E-state index in [-0.39, 0.29) is 9.76 Å². The lowest BCUT2D eigenvalue weighted by Gasteiger charge is -2.24. The van der Waals surface area contributed by atoms with Gasteiger partial charge in [-0.3, -0.25) is 0 Å². The second-order valence-corrected chi connectivity index (χ2v) is 8.35. The van der Waals surface area contributed by atoms with Crippen LogP contribution in [-0.2, 0) is 4.43 Å². The van der Waals surface area contributed by atoms with Crippen molar-refractivity contribution < 1.29 is 4.43 Å². The number of hydrogen-bond donors (Lipinski definition) is 1. The Morgan fingerprint density at radius 3 is 2.38 bits per heavy atom. The lowest BCUT2D eigenvalue weighted by molar-refractivity contribution is 0.251. The van der Waals surface area contributed by atoms with Crippen LogP contribution in [0.5, 0.6) is 0 Å². The van der Waals surface area contributed by atoms with Gasteiger partial charge < -0.3 is 19.5 Å². The van der Waals surface area contributed by atoms with Crippen molar-refractivity contribution in [3.63, 3.8) is 0 Å². The van der Waals surface area contributed by atoms with Gasteiger partial charge in [0.2, 0.25) is 0 Å². The Balaban J connectivity index is 3.94. The summed E-state index contributed by atoms with van der Waals surface area (Å²) in [5.41, 5.74) is 0. The van der Waals surface area contributed by atoms with Gasteiger partial charge in [0.05, 0.1) is 0 Å². The van der Waals surface area contributed by atoms with E-state index in [2.05, 4.69) is 49.9 Å². The van der Waals surface area contributed by atoms with Gasteiger partial charge in [-0.05, 0) is 78.8 Å². The lowest BCUT2D eigenvalue weighted by atomic mass is 10.2. The molecule has 0 spiro atoms. The van der Waals surface area contributed by atoms with Crippen LogP contribution < -0.4 is 5.32 Å². The quantitative estimate of drug-likeness (QED) is 0.301. The molecule has 0 bridgehead atoms. The first-order valence-corrected chi connectivity index (χ1v) is 11.9. The molecule has 0 aliphatic carbocycles. The summed E-state index contributed by atoms with van der Waals surface area (Å²) in [6, 6.07) is 0.646. The molecule has 4 nitrogen and oxygen atoms in total. The molecule has 0 saturated heterocycles. The maximum Gasteiger partial charge on any atom is 0.175 e. The summed E-state index contributed by atoms with van der Waals surface area (Å²) in [4.78, 5) is 5.11. The number of rotatable bonds is 18. The van der Waals surface area contributed by atoms with E-state index in [1.807, 2.05) is 0 Å². The summed E-state index contributed by atoms with van der Waals surface area (Å²) < 4.78 is 5.90. The number of unbranched alkanes of at least 4 members (excludes halogenated alkanes) is 1. The zero-order valence-corrected chi connectivity index (χ0v) is 18.7. The Morgan fingerprint density at radius 1 is 0.958 bits per heavy atom. The summed E-state index contributed by atoms with van der Waals surface area (Å²) in [7, 11) is 1.87. The topological polar surface area (TPSA) is 27.7 Å². The molecule has 0 amide bonds. The molecule has 0 aromatic heterocycles. The monoisotopic (exact) mass is 359 g/mol. The highest BCUT2D eigenvalue weighted by Gasteiger charge is 2.07. The minimum absolute atomic E-state index is 0.376. The molecule has 0 radical (unpaired) electrons. The van der Waals surface area contributed by atoms with Crippen molar-refractivity contribution in [3.8, 4) is 0 Å². The summed E-state index contributed by atoms with van der Waals surface area (Å²) >= 11 is 0. The molecule has 0 aliphatic rings. The van der Waals surface area contributed by atoms with Crippen molar-refractivity contribution in [2.45, 2.75) is 72.3 Å². The second kappa shape index (κ2) is 17.9. The van der Waals surface area contributed by atoms with Crippen molar-refractivity contribution in [3.05, 3.63) is 0 Å². The molecule has 1 unspecified atom stereocenters. The smallest absolute Gasteiger partial charge is 0.175 e. The summed E-state index contributed by atoms with van der Waals surface area (Å²) in [5, 5.41) is 3.61. The third-order valence-electron chi connectivity index (χ3n) is 4.57. The fraction of sp³-hybridized carbons (Fsp3) is 1.00. The zero-order chi connectivity index (χ0) is 18.0. The van der Waals surface area contributed by atoms with Gasteiger partial charge >= 0.3 is 0 Å². The minimum Gasteiger partial charge on any atom is -0.423 e. The van der Waals surface area contributed by atoms with E-state index in [1.165, 1.54) is 70.9 Å². The summed E-state index contributed by atoms with van der Waals surface area (Å²) in [5.74, 6) is 0. The Labute approximate surface area is 154 Å². The van der Waals surface area contributed by atoms with Gasteiger partial charge in [-0.15, -0.1) is 0 Å². The molecule has 0 aliphatic heterocycles. The van der Waals surface area contributed by atoms with Crippen molar-refractivity contribution in [1.29, 1.82) is 0 Å². The summed E-state index contributed by atoms with van der Waals surface area (Å²) in [6.45, 7) is 16.0. The SMILES string of the molecule is CCCCO[SiH2]CN(CCCNC(C)CC)CCCN(C)CCC.